The second-order valence-electron chi connectivity index (χ2n) is 4.34. The van der Waals surface area contributed by atoms with Gasteiger partial charge >= 0.3 is 0 Å². The summed E-state index contributed by atoms with van der Waals surface area (Å²) in [4.78, 5) is 5.67. The number of aromatic nitrogens is 1. The van der Waals surface area contributed by atoms with Gasteiger partial charge in [-0.25, -0.2) is 22.9 Å². The van der Waals surface area contributed by atoms with Crippen LogP contribution < -0.4 is 10.0 Å². The van der Waals surface area contributed by atoms with E-state index in [-0.39, 0.29) is 10.7 Å². The Bertz CT molecular complexity index is 702. The fraction of sp³-hybridized carbons (Fsp3) is 0.154. The summed E-state index contributed by atoms with van der Waals surface area (Å²) in [6.07, 6.45) is 1.18. The van der Waals surface area contributed by atoms with E-state index < -0.39 is 10.0 Å². The van der Waals surface area contributed by atoms with Gasteiger partial charge in [0.2, 0.25) is 10.0 Å². The number of nitrogens with zero attached hydrogens (tertiary/aromatic N) is 2. The molecule has 20 heavy (non-hydrogen) atoms. The van der Waals surface area contributed by atoms with E-state index in [1.807, 2.05) is 0 Å². The molecule has 2 rings (SSSR count). The predicted octanol–water partition coefficient (Wildman–Crippen LogP) is 1.50. The molecule has 0 saturated carbocycles. The van der Waals surface area contributed by atoms with Crippen molar-refractivity contribution < 1.29 is 12.8 Å². The van der Waals surface area contributed by atoms with Crippen molar-refractivity contribution in [1.29, 1.82) is 0 Å². The Kier molecular flexibility index (Phi) is 4.01. The largest absolute Gasteiger partial charge is 0.355 e. The Hall–Kier alpha value is -1.99. The smallest absolute Gasteiger partial charge is 0.239 e. The van der Waals surface area contributed by atoms with Gasteiger partial charge in [-0.2, -0.15) is 0 Å². The Balaban J connectivity index is 2.18. The lowest BCUT2D eigenvalue weighted by atomic mass is 10.2. The molecule has 2 aromatic rings. The first-order valence-electron chi connectivity index (χ1n) is 5.81. The van der Waals surface area contributed by atoms with Crippen LogP contribution >= 0.6 is 0 Å². The van der Waals surface area contributed by atoms with Gasteiger partial charge in [0.1, 0.15) is 16.5 Å². The lowest BCUT2D eigenvalue weighted by Gasteiger charge is -2.18. The maximum absolute atomic E-state index is 13.5. The molecule has 0 aliphatic rings. The number of rotatable bonds is 4. The van der Waals surface area contributed by atoms with Crippen LogP contribution in [0, 0.1) is 5.82 Å². The Morgan fingerprint density at radius 3 is 2.50 bits per heavy atom. The number of hydrogen-bond donors (Lipinski definition) is 1. The van der Waals surface area contributed by atoms with Gasteiger partial charge in [0.25, 0.3) is 0 Å². The SMILES string of the molecule is CN(Cc1ccccc1F)c1ccc(S(N)(=O)=O)cn1. The first-order chi connectivity index (χ1) is 9.38. The van der Waals surface area contributed by atoms with E-state index in [1.54, 1.807) is 30.1 Å². The molecule has 1 aromatic heterocycles. The molecular formula is C13H14FN3O2S. The highest BCUT2D eigenvalue weighted by molar-refractivity contribution is 7.89. The topological polar surface area (TPSA) is 76.3 Å². The minimum absolute atomic E-state index is 0.0551. The van der Waals surface area contributed by atoms with Gasteiger partial charge in [-0.15, -0.1) is 0 Å². The average Bonchev–Trinajstić information content (AvgIpc) is 2.40. The highest BCUT2D eigenvalue weighted by atomic mass is 32.2. The highest BCUT2D eigenvalue weighted by Crippen LogP contribution is 2.16. The van der Waals surface area contributed by atoms with Gasteiger partial charge in [-0.3, -0.25) is 0 Å². The Morgan fingerprint density at radius 1 is 1.25 bits per heavy atom. The minimum atomic E-state index is -3.75. The predicted molar refractivity (Wildman–Crippen MR) is 74.1 cm³/mol. The number of hydrogen-bond acceptors (Lipinski definition) is 4. The van der Waals surface area contributed by atoms with Gasteiger partial charge < -0.3 is 4.90 Å². The molecule has 0 radical (unpaired) electrons. The van der Waals surface area contributed by atoms with Crippen molar-refractivity contribution in [2.75, 3.05) is 11.9 Å². The van der Waals surface area contributed by atoms with E-state index in [0.29, 0.717) is 17.9 Å². The molecule has 1 aromatic carbocycles. The van der Waals surface area contributed by atoms with Crippen LogP contribution in [0.15, 0.2) is 47.5 Å². The van der Waals surface area contributed by atoms with Crippen molar-refractivity contribution >= 4 is 15.8 Å². The molecule has 0 atom stereocenters. The van der Waals surface area contributed by atoms with Gasteiger partial charge in [0.15, 0.2) is 0 Å². The summed E-state index contributed by atoms with van der Waals surface area (Å²) in [5.74, 6) is 0.237. The number of nitrogens with two attached hydrogens (primary N) is 1. The van der Waals surface area contributed by atoms with Crippen LogP contribution in [0.25, 0.3) is 0 Å². The average molecular weight is 295 g/mol. The molecular weight excluding hydrogens is 281 g/mol. The third-order valence-corrected chi connectivity index (χ3v) is 3.70. The van der Waals surface area contributed by atoms with Crippen LogP contribution in [0.1, 0.15) is 5.56 Å². The summed E-state index contributed by atoms with van der Waals surface area (Å²) in [7, 11) is -2.01. The Morgan fingerprint density at radius 2 is 1.95 bits per heavy atom. The zero-order chi connectivity index (χ0) is 14.8. The molecule has 0 saturated heterocycles. The van der Waals surface area contributed by atoms with E-state index in [9.17, 15) is 12.8 Å². The van der Waals surface area contributed by atoms with E-state index in [2.05, 4.69) is 4.98 Å². The van der Waals surface area contributed by atoms with Gasteiger partial charge in [0, 0.05) is 25.4 Å². The molecule has 0 aliphatic carbocycles. The van der Waals surface area contributed by atoms with Gasteiger partial charge in [-0.05, 0) is 18.2 Å². The molecule has 7 heteroatoms. The fourth-order valence-corrected chi connectivity index (χ4v) is 2.19. The molecule has 5 nitrogen and oxygen atoms in total. The molecule has 0 bridgehead atoms. The molecule has 0 fully saturated rings. The minimum Gasteiger partial charge on any atom is -0.355 e. The van der Waals surface area contributed by atoms with E-state index >= 15 is 0 Å². The maximum atomic E-state index is 13.5. The van der Waals surface area contributed by atoms with Crippen LogP contribution in [0.2, 0.25) is 0 Å². The van der Waals surface area contributed by atoms with Crippen molar-refractivity contribution in [3.63, 3.8) is 0 Å². The highest BCUT2D eigenvalue weighted by Gasteiger charge is 2.10. The number of primary sulfonamides is 1. The first kappa shape index (κ1) is 14.4. The maximum Gasteiger partial charge on any atom is 0.239 e. The van der Waals surface area contributed by atoms with E-state index in [1.165, 1.54) is 24.4 Å². The van der Waals surface area contributed by atoms with Gasteiger partial charge in [0.05, 0.1) is 0 Å². The van der Waals surface area contributed by atoms with Crippen LogP contribution in [-0.4, -0.2) is 20.4 Å². The number of halogens is 1. The molecule has 1 heterocycles. The standard InChI is InChI=1S/C13H14FN3O2S/c1-17(9-10-4-2-3-5-12(10)14)13-7-6-11(8-16-13)20(15,18)19/h2-8H,9H2,1H3,(H2,15,18,19). The summed E-state index contributed by atoms with van der Waals surface area (Å²) in [5, 5.41) is 5.00. The monoisotopic (exact) mass is 295 g/mol. The number of anilines is 1. The lowest BCUT2D eigenvalue weighted by molar-refractivity contribution is 0.597. The van der Waals surface area contributed by atoms with Crippen molar-refractivity contribution in [3.05, 3.63) is 54.0 Å². The molecule has 0 amide bonds. The second-order valence-corrected chi connectivity index (χ2v) is 5.91. The summed E-state index contributed by atoms with van der Waals surface area (Å²) >= 11 is 0. The lowest BCUT2D eigenvalue weighted by Crippen LogP contribution is -2.19. The number of sulfonamides is 1. The van der Waals surface area contributed by atoms with E-state index in [0.717, 1.165) is 0 Å². The normalized spacial score (nSPS) is 11.3. The van der Waals surface area contributed by atoms with Crippen molar-refractivity contribution in [1.82, 2.24) is 4.98 Å². The number of benzene rings is 1. The quantitative estimate of drug-likeness (QED) is 0.927. The second kappa shape index (κ2) is 5.56. The van der Waals surface area contributed by atoms with Crippen LogP contribution in [0.4, 0.5) is 10.2 Å². The first-order valence-corrected chi connectivity index (χ1v) is 7.36. The van der Waals surface area contributed by atoms with Crippen LogP contribution in [0.3, 0.4) is 0 Å². The molecule has 0 aliphatic heterocycles. The molecule has 2 N–H and O–H groups in total. The molecule has 106 valence electrons. The van der Waals surface area contributed by atoms with Crippen LogP contribution in [-0.2, 0) is 16.6 Å². The summed E-state index contributed by atoms with van der Waals surface area (Å²) in [6, 6.07) is 9.35. The number of pyridine rings is 1. The zero-order valence-corrected chi connectivity index (χ0v) is 11.6. The van der Waals surface area contributed by atoms with Crippen molar-refractivity contribution in [2.45, 2.75) is 11.4 Å². The van der Waals surface area contributed by atoms with Crippen molar-refractivity contribution in [2.24, 2.45) is 5.14 Å². The summed E-state index contributed by atoms with van der Waals surface area (Å²) in [5.41, 5.74) is 0.535. The Labute approximate surface area is 116 Å². The summed E-state index contributed by atoms with van der Waals surface area (Å²) in [6.45, 7) is 0.328. The van der Waals surface area contributed by atoms with E-state index in [4.69, 9.17) is 5.14 Å². The summed E-state index contributed by atoms with van der Waals surface area (Å²) < 4.78 is 35.8. The third-order valence-electron chi connectivity index (χ3n) is 2.81. The fourth-order valence-electron chi connectivity index (χ4n) is 1.73. The third kappa shape index (κ3) is 3.31. The van der Waals surface area contributed by atoms with Crippen molar-refractivity contribution in [3.8, 4) is 0 Å². The van der Waals surface area contributed by atoms with Crippen LogP contribution in [0.5, 0.6) is 0 Å². The molecule has 0 spiro atoms. The zero-order valence-electron chi connectivity index (χ0n) is 10.8. The van der Waals surface area contributed by atoms with Gasteiger partial charge in [-0.1, -0.05) is 18.2 Å². The molecule has 0 unspecified atom stereocenters.